The first-order valence-electron chi connectivity index (χ1n) is 8.68. The van der Waals surface area contributed by atoms with Gasteiger partial charge in [0.15, 0.2) is 6.23 Å². The topological polar surface area (TPSA) is 70.4 Å². The van der Waals surface area contributed by atoms with Gasteiger partial charge in [0.25, 0.3) is 5.91 Å². The van der Waals surface area contributed by atoms with Crippen molar-refractivity contribution in [3.63, 3.8) is 0 Å². The van der Waals surface area contributed by atoms with E-state index in [1.165, 1.54) is 23.6 Å². The molecule has 0 bridgehead atoms. The lowest BCUT2D eigenvalue weighted by Crippen LogP contribution is -2.30. The number of aliphatic hydroxyl groups is 1. The van der Waals surface area contributed by atoms with E-state index in [1.807, 2.05) is 35.0 Å². The fourth-order valence-corrected chi connectivity index (χ4v) is 3.80. The summed E-state index contributed by atoms with van der Waals surface area (Å²) in [7, 11) is 0. The quantitative estimate of drug-likeness (QED) is 0.641. The second kappa shape index (κ2) is 8.20. The van der Waals surface area contributed by atoms with Gasteiger partial charge in [0.1, 0.15) is 5.83 Å². The number of allylic oxidation sites excluding steroid dienone is 2. The number of amides is 1. The largest absolute Gasteiger partial charge is 0.369 e. The number of rotatable bonds is 5. The Hall–Kier alpha value is -2.94. The van der Waals surface area contributed by atoms with E-state index in [9.17, 15) is 14.3 Å². The normalized spacial score (nSPS) is 16.0. The highest BCUT2D eigenvalue weighted by Crippen LogP contribution is 2.24. The smallest absolute Gasteiger partial charge is 0.261 e. The van der Waals surface area contributed by atoms with Crippen molar-refractivity contribution >= 4 is 34.5 Å². The third-order valence-corrected chi connectivity index (χ3v) is 5.53. The summed E-state index contributed by atoms with van der Waals surface area (Å²) in [6.07, 6.45) is 6.35. The van der Waals surface area contributed by atoms with Gasteiger partial charge >= 0.3 is 0 Å². The Kier molecular flexibility index (Phi) is 5.48. The molecule has 29 heavy (non-hydrogen) atoms. The van der Waals surface area contributed by atoms with Gasteiger partial charge in [-0.15, -0.1) is 11.3 Å². The molecule has 0 fully saturated rings. The van der Waals surface area contributed by atoms with Gasteiger partial charge in [0.05, 0.1) is 27.8 Å². The molecule has 0 saturated carbocycles. The summed E-state index contributed by atoms with van der Waals surface area (Å²) >= 11 is 7.07. The molecular weight excluding hydrogens is 415 g/mol. The summed E-state index contributed by atoms with van der Waals surface area (Å²) < 4.78 is 15.6. The number of nitrogens with zero attached hydrogens (tertiary/aromatic N) is 3. The molecule has 1 aliphatic rings. The van der Waals surface area contributed by atoms with E-state index in [4.69, 9.17) is 11.6 Å². The first-order valence-corrected chi connectivity index (χ1v) is 9.88. The second-order valence-electron chi connectivity index (χ2n) is 6.26. The lowest BCUT2D eigenvalue weighted by atomic mass is 10.2. The second-order valence-corrected chi connectivity index (χ2v) is 7.98. The van der Waals surface area contributed by atoms with Crippen molar-refractivity contribution in [2.75, 3.05) is 4.90 Å². The minimum atomic E-state index is -1.05. The molecule has 3 aromatic rings. The first kappa shape index (κ1) is 19.4. The number of thiophene rings is 1. The zero-order chi connectivity index (χ0) is 20.4. The minimum absolute atomic E-state index is 0.195. The van der Waals surface area contributed by atoms with E-state index in [0.29, 0.717) is 21.5 Å². The van der Waals surface area contributed by atoms with Gasteiger partial charge in [-0.2, -0.15) is 0 Å². The lowest BCUT2D eigenvalue weighted by Gasteiger charge is -2.26. The average Bonchev–Trinajstić information content (AvgIpc) is 3.36. The van der Waals surface area contributed by atoms with Crippen molar-refractivity contribution < 1.29 is 14.3 Å². The molecule has 0 spiro atoms. The van der Waals surface area contributed by atoms with Crippen LogP contribution in [0.25, 0.3) is 5.69 Å². The van der Waals surface area contributed by atoms with Crippen LogP contribution in [-0.4, -0.2) is 26.8 Å². The highest BCUT2D eigenvalue weighted by molar-refractivity contribution is 7.17. The number of aromatic nitrogens is 2. The van der Waals surface area contributed by atoms with Crippen LogP contribution in [0.4, 0.5) is 10.1 Å². The van der Waals surface area contributed by atoms with Crippen LogP contribution in [-0.2, 0) is 6.54 Å². The molecule has 1 aromatic carbocycles. The maximum atomic E-state index is 13.2. The predicted molar refractivity (Wildman–Crippen MR) is 111 cm³/mol. The molecule has 2 aromatic heterocycles. The van der Waals surface area contributed by atoms with Crippen LogP contribution in [0.2, 0.25) is 4.34 Å². The number of carbonyl (C=O) groups is 1. The molecule has 1 unspecified atom stereocenters. The minimum Gasteiger partial charge on any atom is -0.369 e. The Morgan fingerprint density at radius 1 is 1.24 bits per heavy atom. The van der Waals surface area contributed by atoms with Gasteiger partial charge in [-0.05, 0) is 42.5 Å². The van der Waals surface area contributed by atoms with E-state index >= 15 is 0 Å². The molecule has 1 aliphatic heterocycles. The molecule has 1 atom stereocenters. The van der Waals surface area contributed by atoms with Crippen LogP contribution >= 0.6 is 22.9 Å². The van der Waals surface area contributed by atoms with E-state index < -0.39 is 12.1 Å². The van der Waals surface area contributed by atoms with Crippen LogP contribution in [0.1, 0.15) is 15.4 Å². The summed E-state index contributed by atoms with van der Waals surface area (Å²) in [6, 6.07) is 10.7. The lowest BCUT2D eigenvalue weighted by molar-refractivity contribution is 0.0954. The Morgan fingerprint density at radius 2 is 2.00 bits per heavy atom. The van der Waals surface area contributed by atoms with Crippen LogP contribution in [0.15, 0.2) is 73.1 Å². The number of aliphatic hydroxyl groups excluding tert-OH is 1. The van der Waals surface area contributed by atoms with Gasteiger partial charge < -0.3 is 19.9 Å². The zero-order valence-corrected chi connectivity index (χ0v) is 16.6. The highest BCUT2D eigenvalue weighted by atomic mass is 35.5. The molecule has 4 rings (SSSR count). The summed E-state index contributed by atoms with van der Waals surface area (Å²) in [5.74, 6) is -0.662. The molecule has 9 heteroatoms. The zero-order valence-electron chi connectivity index (χ0n) is 15.0. The number of imidazole rings is 1. The first-order chi connectivity index (χ1) is 14.0. The van der Waals surface area contributed by atoms with E-state index in [1.54, 1.807) is 23.4 Å². The maximum Gasteiger partial charge on any atom is 0.261 e. The van der Waals surface area contributed by atoms with Gasteiger partial charge in [0, 0.05) is 29.8 Å². The molecular formula is C20H16ClFN4O2S. The monoisotopic (exact) mass is 430 g/mol. The number of hydrogen-bond acceptors (Lipinski definition) is 5. The number of nitrogens with one attached hydrogen (secondary N) is 1. The number of benzene rings is 1. The van der Waals surface area contributed by atoms with Crippen molar-refractivity contribution in [1.82, 2.24) is 14.9 Å². The summed E-state index contributed by atoms with van der Waals surface area (Å²) in [4.78, 5) is 18.5. The fraction of sp³-hybridized carbons (Fsp3) is 0.100. The number of halogens is 2. The maximum absolute atomic E-state index is 13.2. The Morgan fingerprint density at radius 3 is 2.69 bits per heavy atom. The number of carbonyl (C=O) groups excluding carboxylic acids is 1. The van der Waals surface area contributed by atoms with Crippen molar-refractivity contribution in [3.05, 3.63) is 88.0 Å². The van der Waals surface area contributed by atoms with Crippen molar-refractivity contribution in [2.45, 2.75) is 12.8 Å². The number of anilines is 1. The summed E-state index contributed by atoms with van der Waals surface area (Å²) in [5, 5.41) is 12.8. The van der Waals surface area contributed by atoms with E-state index in [0.717, 1.165) is 17.5 Å². The number of hydrogen-bond donors (Lipinski definition) is 2. The third-order valence-electron chi connectivity index (χ3n) is 4.30. The molecule has 0 aliphatic carbocycles. The van der Waals surface area contributed by atoms with Crippen molar-refractivity contribution in [1.29, 1.82) is 0 Å². The van der Waals surface area contributed by atoms with Gasteiger partial charge in [-0.25, -0.2) is 9.37 Å². The molecule has 0 radical (unpaired) electrons. The fourth-order valence-electron chi connectivity index (χ4n) is 2.84. The van der Waals surface area contributed by atoms with Gasteiger partial charge in [-0.3, -0.25) is 4.79 Å². The van der Waals surface area contributed by atoms with Gasteiger partial charge in [0.2, 0.25) is 0 Å². The summed E-state index contributed by atoms with van der Waals surface area (Å²) in [6.45, 7) is 0.294. The van der Waals surface area contributed by atoms with Crippen LogP contribution in [0, 0.1) is 0 Å². The Labute approximate surface area is 175 Å². The van der Waals surface area contributed by atoms with Crippen LogP contribution in [0.5, 0.6) is 0 Å². The van der Waals surface area contributed by atoms with Crippen LogP contribution < -0.4 is 10.2 Å². The molecule has 6 nitrogen and oxygen atoms in total. The van der Waals surface area contributed by atoms with E-state index in [2.05, 4.69) is 10.3 Å². The third kappa shape index (κ3) is 4.40. The van der Waals surface area contributed by atoms with Crippen LogP contribution in [0.3, 0.4) is 0 Å². The predicted octanol–water partition coefficient (Wildman–Crippen LogP) is 4.02. The van der Waals surface area contributed by atoms with Gasteiger partial charge in [-0.1, -0.05) is 11.6 Å². The van der Waals surface area contributed by atoms with Crippen molar-refractivity contribution in [2.24, 2.45) is 0 Å². The molecule has 2 N–H and O–H groups in total. The standard InChI is InChI=1S/C20H16ClFN4O2S/c21-18-6-5-17(29-18)20(28)23-10-14-11-25(12-24-14)15-1-3-16(4-2-15)26-8-7-13(22)9-19(26)27/h1-9,11-12,19,27H,10H2,(H,23,28). The summed E-state index contributed by atoms with van der Waals surface area (Å²) in [5.41, 5.74) is 2.30. The Bertz CT molecular complexity index is 1090. The molecule has 3 heterocycles. The van der Waals surface area contributed by atoms with Crippen molar-refractivity contribution in [3.8, 4) is 5.69 Å². The average molecular weight is 431 g/mol. The highest BCUT2D eigenvalue weighted by Gasteiger charge is 2.16. The SMILES string of the molecule is O=C(NCc1cn(-c2ccc(N3C=CC(F)=CC3O)cc2)cn1)c1ccc(Cl)s1. The molecule has 148 valence electrons. The van der Waals surface area contributed by atoms with E-state index in [-0.39, 0.29) is 5.91 Å². The molecule has 1 amide bonds. The molecule has 0 saturated heterocycles. The Balaban J connectivity index is 1.40.